The van der Waals surface area contributed by atoms with Crippen LogP contribution in [-0.2, 0) is 61.6 Å². The number of fused-ring (bicyclic) bond motifs is 7. The van der Waals surface area contributed by atoms with Crippen LogP contribution in [0.15, 0.2) is 23.8 Å². The molecule has 30 heteroatoms. The minimum Gasteiger partial charge on any atom is -0.432 e. The van der Waals surface area contributed by atoms with Gasteiger partial charge in [0.1, 0.15) is 110 Å². The number of aliphatic hydroxyl groups is 17. The fraction of sp³-hybridized carbons (Fsp3) is 0.924. The molecule has 0 radical (unpaired) electrons. The monoisotopic (exact) mass is 1380 g/mol. The average Bonchev–Trinajstić information content (AvgIpc) is 0.660. The number of esters is 1. The quantitative estimate of drug-likeness (QED) is 0.0429. The second-order valence-corrected chi connectivity index (χ2v) is 31.0. The molecule has 6 saturated heterocycles. The van der Waals surface area contributed by atoms with Gasteiger partial charge >= 0.3 is 5.97 Å². The van der Waals surface area contributed by atoms with Crippen LogP contribution < -0.4 is 0 Å². The van der Waals surface area contributed by atoms with Gasteiger partial charge < -0.3 is 144 Å². The van der Waals surface area contributed by atoms with Crippen molar-refractivity contribution in [3.63, 3.8) is 0 Å². The average molecular weight is 1380 g/mol. The Bertz CT molecular complexity index is 2760. The Morgan fingerprint density at radius 3 is 1.62 bits per heavy atom. The zero-order valence-corrected chi connectivity index (χ0v) is 55.9. The molecule has 4 saturated carbocycles. The summed E-state index contributed by atoms with van der Waals surface area (Å²) in [4.78, 5) is 15.5. The molecule has 0 amide bonds. The number of hydrogen-bond donors (Lipinski definition) is 17. The highest BCUT2D eigenvalue weighted by atomic mass is 16.8. The van der Waals surface area contributed by atoms with Crippen LogP contribution in [0.5, 0.6) is 0 Å². The summed E-state index contributed by atoms with van der Waals surface area (Å²) >= 11 is 0. The van der Waals surface area contributed by atoms with E-state index in [9.17, 15) is 86.8 Å². The van der Waals surface area contributed by atoms with Gasteiger partial charge in [0, 0.05) is 11.8 Å². The Balaban J connectivity index is 0.865. The van der Waals surface area contributed by atoms with E-state index < -0.39 is 250 Å². The van der Waals surface area contributed by atoms with Gasteiger partial charge in [-0.3, -0.25) is 4.79 Å². The fourth-order valence-electron chi connectivity index (χ4n) is 19.3. The number of carbonyl (C=O) groups excluding carboxylic acids is 1. The maximum Gasteiger partial charge on any atom is 0.315 e. The first-order valence-electron chi connectivity index (χ1n) is 34.1. The normalized spacial score (nSPS) is 55.2. The Hall–Kier alpha value is -2.17. The van der Waals surface area contributed by atoms with E-state index >= 15 is 4.79 Å². The van der Waals surface area contributed by atoms with Crippen molar-refractivity contribution in [2.24, 2.45) is 50.7 Å². The van der Waals surface area contributed by atoms with E-state index in [1.165, 1.54) is 20.8 Å². The predicted molar refractivity (Wildman–Crippen MR) is 324 cm³/mol. The molecule has 0 bridgehead atoms. The molecule has 0 aromatic heterocycles. The molecule has 10 fully saturated rings. The van der Waals surface area contributed by atoms with Crippen LogP contribution in [0.25, 0.3) is 0 Å². The lowest BCUT2D eigenvalue weighted by atomic mass is 9.33. The fourth-order valence-corrected chi connectivity index (χ4v) is 19.3. The van der Waals surface area contributed by atoms with Gasteiger partial charge in [-0.15, -0.1) is 0 Å². The number of allylic oxidation sites excluding steroid dienone is 1. The van der Waals surface area contributed by atoms with E-state index in [2.05, 4.69) is 47.3 Å². The zero-order chi connectivity index (χ0) is 70.2. The molecule has 0 spiro atoms. The molecule has 5 aliphatic carbocycles. The van der Waals surface area contributed by atoms with Gasteiger partial charge in [0.25, 0.3) is 0 Å². The van der Waals surface area contributed by atoms with Crippen LogP contribution in [0, 0.1) is 50.7 Å². The Kier molecular flexibility index (Phi) is 21.7. The molecule has 6 aliphatic heterocycles. The third kappa shape index (κ3) is 12.3. The second-order valence-electron chi connectivity index (χ2n) is 31.0. The summed E-state index contributed by atoms with van der Waals surface area (Å²) in [6.07, 6.45) is -39.4. The molecule has 11 aliphatic rings. The first kappa shape index (κ1) is 75.0. The standard InChI is InChI=1S/C66H106O30/c1-25-13-18-66(60(83)96-59-51(45(79)41(75)33(23-69)90-59)94-54-46(80)42(76)38(72)27(3)86-54)20-19-63(8)29(53(66)65(25,10)84)11-12-35-62(7)16-15-36(61(5,6)34(62)14-17-64(35,63)9)91-57-52(95-55-47(81)43(77)39(73)28(4)87-55)50(30(70)24-85-57)93-58-49(26(2)37(71)31(21-67)89-58)92-56-48(82)44(78)40(74)32(22-68)88-56/h11,26-28,30-59,67-82,84H,1,12-24H2,2-10H3/t26-,27-,28-,30-,31+,32+,33+,34+,35+,36-,37-,38-,39-,40+,41+,42+,43+,44-,45-,46+,47+,48+,49+,50-,51+,52+,53-,54-,55-,56-,57+,58-,59-,62-,63+,64+,65+,66-/m0/s1. The number of carbonyl (C=O) groups is 1. The summed E-state index contributed by atoms with van der Waals surface area (Å²) in [6.45, 7) is 18.8. The van der Waals surface area contributed by atoms with E-state index in [4.69, 9.17) is 56.8 Å². The van der Waals surface area contributed by atoms with Crippen LogP contribution in [-0.4, -0.2) is 303 Å². The summed E-state index contributed by atoms with van der Waals surface area (Å²) in [5, 5.41) is 187. The lowest BCUT2D eigenvalue weighted by Crippen LogP contribution is -2.68. The van der Waals surface area contributed by atoms with E-state index in [1.807, 2.05) is 0 Å². The molecular formula is C66H106O30. The SMILES string of the molecule is C=C1CC[C@]2(C(=O)O[C@@H]3O[C@H](CO)[C@@H](O)[C@H](O)[C@H]3O[C@@H]3O[C@@H](C)[C@H](O)[C@@H](O)[C@H]3O)CC[C@]3(C)C(=CC[C@@H]4[C@@]5(C)CC[C@H](O[C@H]6OC[C@H](O)[C@H](O[C@@H]7O[C@H](CO)[C@@H](O)[C@H](C)[C@H]7O[C@@H]7O[C@H](CO)[C@@H](O)[C@H](O)[C@H]7O)[C@H]6O[C@@H]6O[C@@H](C)[C@H](O)[C@@H](O)[C@H]6O)C(C)(C)[C@H]5CC[C@]43C)[C@H]2[C@]1(C)O. The van der Waals surface area contributed by atoms with E-state index in [0.29, 0.717) is 44.1 Å². The topological polar surface area (TPSA) is 472 Å². The van der Waals surface area contributed by atoms with Gasteiger partial charge in [-0.05, 0) is 118 Å². The largest absolute Gasteiger partial charge is 0.432 e. The molecule has 38 atom stereocenters. The van der Waals surface area contributed by atoms with Crippen LogP contribution in [0.3, 0.4) is 0 Å². The van der Waals surface area contributed by atoms with Crippen molar-refractivity contribution in [2.75, 3.05) is 26.4 Å². The molecular weight excluding hydrogens is 1270 g/mol. The first-order valence-corrected chi connectivity index (χ1v) is 34.1. The van der Waals surface area contributed by atoms with Crippen LogP contribution in [0.4, 0.5) is 0 Å². The summed E-state index contributed by atoms with van der Waals surface area (Å²) < 4.78 is 74.6. The molecule has 550 valence electrons. The highest BCUT2D eigenvalue weighted by Gasteiger charge is 2.72. The lowest BCUT2D eigenvalue weighted by Gasteiger charge is -2.71. The van der Waals surface area contributed by atoms with E-state index in [1.54, 1.807) is 6.92 Å². The van der Waals surface area contributed by atoms with E-state index in [0.717, 1.165) is 5.57 Å². The maximum absolute atomic E-state index is 15.5. The number of hydrogen-bond acceptors (Lipinski definition) is 30. The summed E-state index contributed by atoms with van der Waals surface area (Å²) in [5.74, 6) is -2.71. The van der Waals surface area contributed by atoms with Crippen molar-refractivity contribution >= 4 is 5.97 Å². The minimum atomic E-state index is -1.89. The van der Waals surface area contributed by atoms with Crippen molar-refractivity contribution < 1.29 is 148 Å². The van der Waals surface area contributed by atoms with Crippen molar-refractivity contribution in [1.29, 1.82) is 0 Å². The van der Waals surface area contributed by atoms with Crippen molar-refractivity contribution in [3.05, 3.63) is 23.8 Å². The van der Waals surface area contributed by atoms with Gasteiger partial charge in [-0.25, -0.2) is 0 Å². The summed E-state index contributed by atoms with van der Waals surface area (Å²) in [6, 6.07) is 0. The Morgan fingerprint density at radius 1 is 0.521 bits per heavy atom. The van der Waals surface area contributed by atoms with Crippen LogP contribution in [0.2, 0.25) is 0 Å². The van der Waals surface area contributed by atoms with Gasteiger partial charge in [0.15, 0.2) is 37.6 Å². The first-order chi connectivity index (χ1) is 45.0. The maximum atomic E-state index is 15.5. The smallest absolute Gasteiger partial charge is 0.315 e. The minimum absolute atomic E-state index is 0.0199. The van der Waals surface area contributed by atoms with Crippen molar-refractivity contribution in [3.8, 4) is 0 Å². The molecule has 30 nitrogen and oxygen atoms in total. The molecule has 11 rings (SSSR count). The zero-order valence-electron chi connectivity index (χ0n) is 55.9. The number of rotatable bonds is 15. The summed E-state index contributed by atoms with van der Waals surface area (Å²) in [5.41, 5.74) is -3.83. The molecule has 96 heavy (non-hydrogen) atoms. The lowest BCUT2D eigenvalue weighted by molar-refractivity contribution is -0.398. The van der Waals surface area contributed by atoms with Crippen molar-refractivity contribution in [2.45, 2.75) is 304 Å². The Labute approximate surface area is 557 Å². The molecule has 0 unspecified atom stereocenters. The molecule has 0 aromatic rings. The van der Waals surface area contributed by atoms with Gasteiger partial charge in [0.2, 0.25) is 6.29 Å². The van der Waals surface area contributed by atoms with Gasteiger partial charge in [0.05, 0.1) is 61.9 Å². The van der Waals surface area contributed by atoms with Gasteiger partial charge in [-0.1, -0.05) is 59.8 Å². The Morgan fingerprint density at radius 2 is 1.03 bits per heavy atom. The third-order valence-electron chi connectivity index (χ3n) is 25.5. The highest BCUT2D eigenvalue weighted by Crippen LogP contribution is 2.76. The van der Waals surface area contributed by atoms with E-state index in [-0.39, 0.29) is 36.5 Å². The van der Waals surface area contributed by atoms with Crippen molar-refractivity contribution in [1.82, 2.24) is 0 Å². The number of aliphatic hydroxyl groups excluding tert-OH is 16. The second kappa shape index (κ2) is 27.8. The van der Waals surface area contributed by atoms with Gasteiger partial charge in [-0.2, -0.15) is 0 Å². The number of ether oxygens (including phenoxy) is 12. The highest BCUT2D eigenvalue weighted by molar-refractivity contribution is 5.80. The third-order valence-corrected chi connectivity index (χ3v) is 25.5. The molecule has 0 aromatic carbocycles. The predicted octanol–water partition coefficient (Wildman–Crippen LogP) is -3.53. The molecule has 6 heterocycles. The summed E-state index contributed by atoms with van der Waals surface area (Å²) in [7, 11) is 0. The van der Waals surface area contributed by atoms with Crippen LogP contribution >= 0.6 is 0 Å². The molecule has 17 N–H and O–H groups in total. The van der Waals surface area contributed by atoms with Crippen LogP contribution in [0.1, 0.15) is 120 Å².